The first kappa shape index (κ1) is 18.6. The van der Waals surface area contributed by atoms with Gasteiger partial charge in [-0.15, -0.1) is 0 Å². The van der Waals surface area contributed by atoms with E-state index in [4.69, 9.17) is 9.15 Å². The van der Waals surface area contributed by atoms with Crippen molar-refractivity contribution in [3.05, 3.63) is 89.9 Å². The quantitative estimate of drug-likeness (QED) is 0.650. The molecule has 27 heavy (non-hydrogen) atoms. The summed E-state index contributed by atoms with van der Waals surface area (Å²) in [5, 5.41) is 3.01. The Morgan fingerprint density at radius 1 is 1.00 bits per heavy atom. The summed E-state index contributed by atoms with van der Waals surface area (Å²) in [4.78, 5) is 14.5. The Morgan fingerprint density at radius 2 is 1.78 bits per heavy atom. The smallest absolute Gasteiger partial charge is 0.318 e. The second kappa shape index (κ2) is 9.48. The van der Waals surface area contributed by atoms with Crippen LogP contribution in [-0.4, -0.2) is 24.6 Å². The minimum atomic E-state index is -0.120. The molecular formula is C22H24N2O3. The zero-order valence-corrected chi connectivity index (χ0v) is 15.4. The number of hydrogen-bond donors (Lipinski definition) is 1. The highest BCUT2D eigenvalue weighted by atomic mass is 16.5. The van der Waals surface area contributed by atoms with Crippen molar-refractivity contribution in [2.24, 2.45) is 0 Å². The van der Waals surface area contributed by atoms with Gasteiger partial charge in [0.2, 0.25) is 0 Å². The van der Waals surface area contributed by atoms with Crippen molar-refractivity contribution in [1.82, 2.24) is 10.2 Å². The molecule has 5 heteroatoms. The predicted octanol–water partition coefficient (Wildman–Crippen LogP) is 4.24. The number of rotatable bonds is 8. The molecule has 0 aliphatic rings. The second-order valence-corrected chi connectivity index (χ2v) is 6.21. The molecule has 0 saturated heterocycles. The minimum absolute atomic E-state index is 0.120. The van der Waals surface area contributed by atoms with Crippen LogP contribution in [0, 0.1) is 0 Å². The number of furan rings is 1. The van der Waals surface area contributed by atoms with Gasteiger partial charge in [0.1, 0.15) is 11.5 Å². The summed E-state index contributed by atoms with van der Waals surface area (Å²) in [6.45, 7) is 1.47. The molecule has 0 saturated carbocycles. The number of urea groups is 1. The summed E-state index contributed by atoms with van der Waals surface area (Å²) in [6.07, 6.45) is 2.32. The third kappa shape index (κ3) is 5.38. The Labute approximate surface area is 159 Å². The molecule has 5 nitrogen and oxygen atoms in total. The molecule has 0 aliphatic heterocycles. The average Bonchev–Trinajstić information content (AvgIpc) is 3.22. The number of amides is 2. The molecule has 0 unspecified atom stereocenters. The molecule has 140 valence electrons. The first-order chi connectivity index (χ1) is 13.3. The molecule has 2 aromatic carbocycles. The molecule has 0 aliphatic carbocycles. The fourth-order valence-electron chi connectivity index (χ4n) is 2.92. The summed E-state index contributed by atoms with van der Waals surface area (Å²) in [5.74, 6) is 1.59. The third-order valence-corrected chi connectivity index (χ3v) is 4.29. The first-order valence-electron chi connectivity index (χ1n) is 8.97. The van der Waals surface area contributed by atoms with Crippen LogP contribution < -0.4 is 10.1 Å². The summed E-state index contributed by atoms with van der Waals surface area (Å²) in [5.41, 5.74) is 2.14. The Bertz CT molecular complexity index is 832. The van der Waals surface area contributed by atoms with Crippen molar-refractivity contribution in [3.63, 3.8) is 0 Å². The maximum atomic E-state index is 12.8. The largest absolute Gasteiger partial charge is 0.496 e. The Morgan fingerprint density at radius 3 is 2.52 bits per heavy atom. The number of carbonyl (C=O) groups is 1. The average molecular weight is 364 g/mol. The summed E-state index contributed by atoms with van der Waals surface area (Å²) < 4.78 is 10.8. The second-order valence-electron chi connectivity index (χ2n) is 6.21. The number of para-hydroxylation sites is 1. The van der Waals surface area contributed by atoms with E-state index < -0.39 is 0 Å². The van der Waals surface area contributed by atoms with Gasteiger partial charge < -0.3 is 19.4 Å². The molecule has 3 aromatic rings. The van der Waals surface area contributed by atoms with Gasteiger partial charge in [-0.25, -0.2) is 4.79 Å². The normalized spacial score (nSPS) is 10.4. The number of benzene rings is 2. The van der Waals surface area contributed by atoms with Crippen molar-refractivity contribution in [2.45, 2.75) is 19.5 Å². The van der Waals surface area contributed by atoms with Crippen LogP contribution in [0.1, 0.15) is 16.9 Å². The van der Waals surface area contributed by atoms with Gasteiger partial charge in [-0.2, -0.15) is 0 Å². The van der Waals surface area contributed by atoms with E-state index in [1.54, 1.807) is 18.3 Å². The minimum Gasteiger partial charge on any atom is -0.496 e. The van der Waals surface area contributed by atoms with Gasteiger partial charge in [0, 0.05) is 13.1 Å². The van der Waals surface area contributed by atoms with Crippen LogP contribution in [0.2, 0.25) is 0 Å². The van der Waals surface area contributed by atoms with Crippen molar-refractivity contribution in [1.29, 1.82) is 0 Å². The van der Waals surface area contributed by atoms with Gasteiger partial charge in [0.25, 0.3) is 0 Å². The van der Waals surface area contributed by atoms with Gasteiger partial charge in [0.05, 0.1) is 19.9 Å². The van der Waals surface area contributed by atoms with Crippen LogP contribution in [0.15, 0.2) is 77.4 Å². The highest BCUT2D eigenvalue weighted by Gasteiger charge is 2.15. The van der Waals surface area contributed by atoms with Gasteiger partial charge in [-0.05, 0) is 35.7 Å². The third-order valence-electron chi connectivity index (χ3n) is 4.29. The van der Waals surface area contributed by atoms with E-state index >= 15 is 0 Å². The van der Waals surface area contributed by atoms with E-state index in [0.717, 1.165) is 22.6 Å². The molecule has 0 radical (unpaired) electrons. The molecule has 1 aromatic heterocycles. The van der Waals surface area contributed by atoms with Crippen LogP contribution in [0.5, 0.6) is 5.75 Å². The van der Waals surface area contributed by atoms with Crippen molar-refractivity contribution >= 4 is 6.03 Å². The highest BCUT2D eigenvalue weighted by Crippen LogP contribution is 2.17. The van der Waals surface area contributed by atoms with Crippen molar-refractivity contribution in [3.8, 4) is 5.75 Å². The number of nitrogens with zero attached hydrogens (tertiary/aromatic N) is 1. The molecule has 0 atom stereocenters. The molecule has 2 amide bonds. The van der Waals surface area contributed by atoms with E-state index in [1.165, 1.54) is 0 Å². The van der Waals surface area contributed by atoms with Crippen LogP contribution in [0.25, 0.3) is 0 Å². The van der Waals surface area contributed by atoms with Gasteiger partial charge >= 0.3 is 6.03 Å². The number of carbonyl (C=O) groups excluding carboxylic acids is 1. The fourth-order valence-corrected chi connectivity index (χ4v) is 2.92. The molecule has 0 bridgehead atoms. The van der Waals surface area contributed by atoms with Crippen molar-refractivity contribution in [2.75, 3.05) is 13.7 Å². The van der Waals surface area contributed by atoms with Crippen LogP contribution in [0.3, 0.4) is 0 Å². The fraction of sp³-hybridized carbons (Fsp3) is 0.227. The monoisotopic (exact) mass is 364 g/mol. The zero-order valence-electron chi connectivity index (χ0n) is 15.4. The first-order valence-corrected chi connectivity index (χ1v) is 8.97. The molecule has 0 fully saturated rings. The Balaban J connectivity index is 1.61. The number of hydrogen-bond acceptors (Lipinski definition) is 3. The van der Waals surface area contributed by atoms with Gasteiger partial charge in [-0.3, -0.25) is 0 Å². The molecule has 0 spiro atoms. The standard InChI is InChI=1S/C22H24N2O3/c1-26-21-12-6-5-10-19(21)13-14-23-22(25)24(17-20-11-7-15-27-20)16-18-8-3-2-4-9-18/h2-12,15H,13-14,16-17H2,1H3,(H,23,25). The van der Waals surface area contributed by atoms with Gasteiger partial charge in [-0.1, -0.05) is 48.5 Å². The molecule has 1 N–H and O–H groups in total. The lowest BCUT2D eigenvalue weighted by atomic mass is 10.1. The predicted molar refractivity (Wildman–Crippen MR) is 104 cm³/mol. The highest BCUT2D eigenvalue weighted by molar-refractivity contribution is 5.74. The Hall–Kier alpha value is -3.21. The SMILES string of the molecule is COc1ccccc1CCNC(=O)N(Cc1ccccc1)Cc1ccco1. The Kier molecular flexibility index (Phi) is 6.52. The lowest BCUT2D eigenvalue weighted by Gasteiger charge is -2.22. The molecule has 1 heterocycles. The zero-order chi connectivity index (χ0) is 18.9. The van der Waals surface area contributed by atoms with E-state index in [-0.39, 0.29) is 6.03 Å². The molecule has 3 rings (SSSR count). The molecular weight excluding hydrogens is 340 g/mol. The van der Waals surface area contributed by atoms with Crippen molar-refractivity contribution < 1.29 is 13.9 Å². The lowest BCUT2D eigenvalue weighted by Crippen LogP contribution is -2.39. The lowest BCUT2D eigenvalue weighted by molar-refractivity contribution is 0.187. The van der Waals surface area contributed by atoms with E-state index in [9.17, 15) is 4.79 Å². The summed E-state index contributed by atoms with van der Waals surface area (Å²) >= 11 is 0. The van der Waals surface area contributed by atoms with E-state index in [0.29, 0.717) is 26.1 Å². The maximum absolute atomic E-state index is 12.8. The van der Waals surface area contributed by atoms with Gasteiger partial charge in [0.15, 0.2) is 0 Å². The summed E-state index contributed by atoms with van der Waals surface area (Å²) in [7, 11) is 1.66. The topological polar surface area (TPSA) is 54.7 Å². The van der Waals surface area contributed by atoms with Crippen LogP contribution in [-0.2, 0) is 19.5 Å². The van der Waals surface area contributed by atoms with Crippen LogP contribution in [0.4, 0.5) is 4.79 Å². The van der Waals surface area contributed by atoms with E-state index in [1.807, 2.05) is 66.7 Å². The maximum Gasteiger partial charge on any atom is 0.318 e. The number of ether oxygens (including phenoxy) is 1. The van der Waals surface area contributed by atoms with Crippen LogP contribution >= 0.6 is 0 Å². The number of methoxy groups -OCH3 is 1. The number of nitrogens with one attached hydrogen (secondary N) is 1. The summed E-state index contributed by atoms with van der Waals surface area (Å²) in [6, 6.07) is 21.4. The van der Waals surface area contributed by atoms with E-state index in [2.05, 4.69) is 5.32 Å².